The molecule has 3 aromatic rings. The van der Waals surface area contributed by atoms with Crippen LogP contribution in [-0.4, -0.2) is 27.0 Å². The van der Waals surface area contributed by atoms with Gasteiger partial charge < -0.3 is 15.0 Å². The first kappa shape index (κ1) is 17.1. The topological polar surface area (TPSA) is 79.9 Å². The van der Waals surface area contributed by atoms with E-state index in [-0.39, 0.29) is 12.0 Å². The summed E-state index contributed by atoms with van der Waals surface area (Å²) in [6.45, 7) is 8.36. The first-order valence-electron chi connectivity index (χ1n) is 8.28. The van der Waals surface area contributed by atoms with Crippen LogP contribution < -0.4 is 5.32 Å². The van der Waals surface area contributed by atoms with Crippen LogP contribution in [0.2, 0.25) is 0 Å². The second-order valence-electron chi connectivity index (χ2n) is 6.32. The van der Waals surface area contributed by atoms with Crippen molar-refractivity contribution in [3.05, 3.63) is 53.0 Å². The van der Waals surface area contributed by atoms with Crippen LogP contribution in [0.4, 0.5) is 5.69 Å². The Hall–Kier alpha value is -2.73. The van der Waals surface area contributed by atoms with E-state index >= 15 is 0 Å². The highest BCUT2D eigenvalue weighted by atomic mass is 16.5. The molecule has 0 aliphatic carbocycles. The van der Waals surface area contributed by atoms with E-state index in [1.54, 1.807) is 12.3 Å². The van der Waals surface area contributed by atoms with Gasteiger partial charge in [0, 0.05) is 11.9 Å². The van der Waals surface area contributed by atoms with Crippen molar-refractivity contribution in [1.82, 2.24) is 15.0 Å². The standard InChI is InChI=1S/C19H22N4O2/c1-11(2)25-10-14-6-5-7-16(12(14)3)23-19(24)15-8-17-18(20-9-15)22-13(4)21-17/h5-9,11H,10H2,1-4H3,(H,23,24)(H,20,21,22). The zero-order valence-electron chi connectivity index (χ0n) is 14.9. The van der Waals surface area contributed by atoms with Crippen molar-refractivity contribution in [2.45, 2.75) is 40.4 Å². The maximum absolute atomic E-state index is 12.6. The molecule has 0 aliphatic heterocycles. The van der Waals surface area contributed by atoms with Gasteiger partial charge in [-0.05, 0) is 51.0 Å². The zero-order valence-corrected chi connectivity index (χ0v) is 14.9. The second kappa shape index (κ2) is 7.03. The molecule has 0 spiro atoms. The summed E-state index contributed by atoms with van der Waals surface area (Å²) in [6, 6.07) is 7.58. The molecule has 0 saturated heterocycles. The molecular formula is C19H22N4O2. The van der Waals surface area contributed by atoms with Gasteiger partial charge in [-0.2, -0.15) is 0 Å². The SMILES string of the molecule is Cc1nc2ncc(C(=O)Nc3cccc(COC(C)C)c3C)cc2[nH]1. The first-order chi connectivity index (χ1) is 11.9. The third-order valence-electron chi connectivity index (χ3n) is 3.98. The van der Waals surface area contributed by atoms with Crippen molar-refractivity contribution < 1.29 is 9.53 Å². The Balaban J connectivity index is 1.80. The molecule has 0 radical (unpaired) electrons. The van der Waals surface area contributed by atoms with Gasteiger partial charge >= 0.3 is 0 Å². The number of aromatic amines is 1. The molecule has 0 atom stereocenters. The van der Waals surface area contributed by atoms with Crippen molar-refractivity contribution in [2.24, 2.45) is 0 Å². The molecule has 2 heterocycles. The average molecular weight is 338 g/mol. The molecule has 6 nitrogen and oxygen atoms in total. The molecular weight excluding hydrogens is 316 g/mol. The number of amides is 1. The van der Waals surface area contributed by atoms with Crippen molar-refractivity contribution in [2.75, 3.05) is 5.32 Å². The summed E-state index contributed by atoms with van der Waals surface area (Å²) in [7, 11) is 0. The molecule has 3 rings (SSSR count). The van der Waals surface area contributed by atoms with Gasteiger partial charge in [0.1, 0.15) is 5.82 Å². The number of aromatic nitrogens is 3. The molecule has 25 heavy (non-hydrogen) atoms. The number of aryl methyl sites for hydroxylation is 1. The van der Waals surface area contributed by atoms with E-state index in [9.17, 15) is 4.79 Å². The van der Waals surface area contributed by atoms with Gasteiger partial charge in [0.05, 0.1) is 23.8 Å². The van der Waals surface area contributed by atoms with Crippen molar-refractivity contribution in [1.29, 1.82) is 0 Å². The molecule has 0 saturated carbocycles. The molecule has 2 N–H and O–H groups in total. The van der Waals surface area contributed by atoms with Gasteiger partial charge in [-0.25, -0.2) is 9.97 Å². The lowest BCUT2D eigenvalue weighted by Crippen LogP contribution is -2.14. The second-order valence-corrected chi connectivity index (χ2v) is 6.32. The van der Waals surface area contributed by atoms with Crippen LogP contribution >= 0.6 is 0 Å². The number of carbonyl (C=O) groups excluding carboxylic acids is 1. The minimum absolute atomic E-state index is 0.160. The number of ether oxygens (including phenoxy) is 1. The Morgan fingerprint density at radius 1 is 1.32 bits per heavy atom. The molecule has 0 unspecified atom stereocenters. The molecule has 130 valence electrons. The Morgan fingerprint density at radius 2 is 2.12 bits per heavy atom. The van der Waals surface area contributed by atoms with Crippen LogP contribution in [-0.2, 0) is 11.3 Å². The molecule has 2 aromatic heterocycles. The predicted octanol–water partition coefficient (Wildman–Crippen LogP) is 3.75. The first-order valence-corrected chi connectivity index (χ1v) is 8.28. The van der Waals surface area contributed by atoms with Crippen molar-refractivity contribution in [3.63, 3.8) is 0 Å². The highest BCUT2D eigenvalue weighted by Gasteiger charge is 2.12. The molecule has 6 heteroatoms. The third-order valence-corrected chi connectivity index (χ3v) is 3.98. The van der Waals surface area contributed by atoms with E-state index in [1.165, 1.54) is 0 Å². The van der Waals surface area contributed by atoms with Gasteiger partial charge in [-0.1, -0.05) is 12.1 Å². The van der Waals surface area contributed by atoms with Crippen LogP contribution in [0, 0.1) is 13.8 Å². The van der Waals surface area contributed by atoms with Gasteiger partial charge in [0.15, 0.2) is 5.65 Å². The summed E-state index contributed by atoms with van der Waals surface area (Å²) in [5, 5.41) is 2.96. The largest absolute Gasteiger partial charge is 0.374 e. The minimum Gasteiger partial charge on any atom is -0.374 e. The number of benzene rings is 1. The summed E-state index contributed by atoms with van der Waals surface area (Å²) in [6.07, 6.45) is 1.70. The van der Waals surface area contributed by atoms with Crippen molar-refractivity contribution >= 4 is 22.8 Å². The highest BCUT2D eigenvalue weighted by molar-refractivity contribution is 6.05. The van der Waals surface area contributed by atoms with E-state index in [4.69, 9.17) is 4.74 Å². The molecule has 0 fully saturated rings. The summed E-state index contributed by atoms with van der Waals surface area (Å²) in [4.78, 5) is 24.1. The van der Waals surface area contributed by atoms with E-state index in [0.29, 0.717) is 17.8 Å². The van der Waals surface area contributed by atoms with E-state index in [1.807, 2.05) is 45.9 Å². The Morgan fingerprint density at radius 3 is 2.88 bits per heavy atom. The lowest BCUT2D eigenvalue weighted by molar-refractivity contribution is 0.0654. The zero-order chi connectivity index (χ0) is 18.0. The lowest BCUT2D eigenvalue weighted by atomic mass is 10.1. The fourth-order valence-corrected chi connectivity index (χ4v) is 2.57. The van der Waals surface area contributed by atoms with E-state index in [2.05, 4.69) is 20.3 Å². The Bertz CT molecular complexity index is 915. The monoisotopic (exact) mass is 338 g/mol. The number of pyridine rings is 1. The quantitative estimate of drug-likeness (QED) is 0.742. The molecule has 0 aliphatic rings. The van der Waals surface area contributed by atoms with Crippen LogP contribution in [0.5, 0.6) is 0 Å². The Kier molecular flexibility index (Phi) is 4.81. The van der Waals surface area contributed by atoms with Gasteiger partial charge in [-0.15, -0.1) is 0 Å². The number of anilines is 1. The smallest absolute Gasteiger partial charge is 0.257 e. The van der Waals surface area contributed by atoms with Gasteiger partial charge in [0.2, 0.25) is 0 Å². The van der Waals surface area contributed by atoms with E-state index in [0.717, 1.165) is 28.2 Å². The molecule has 0 bridgehead atoms. The number of nitrogens with zero attached hydrogens (tertiary/aromatic N) is 2. The minimum atomic E-state index is -0.202. The van der Waals surface area contributed by atoms with Crippen LogP contribution in [0.15, 0.2) is 30.5 Å². The van der Waals surface area contributed by atoms with Crippen LogP contribution in [0.1, 0.15) is 41.2 Å². The number of imidazole rings is 1. The number of rotatable bonds is 5. The maximum Gasteiger partial charge on any atom is 0.257 e. The predicted molar refractivity (Wildman–Crippen MR) is 97.7 cm³/mol. The molecule has 1 aromatic carbocycles. The van der Waals surface area contributed by atoms with Crippen LogP contribution in [0.25, 0.3) is 11.2 Å². The summed E-state index contributed by atoms with van der Waals surface area (Å²) in [5.41, 5.74) is 4.68. The fourth-order valence-electron chi connectivity index (χ4n) is 2.57. The number of H-pyrrole nitrogens is 1. The number of nitrogens with one attached hydrogen (secondary N) is 2. The van der Waals surface area contributed by atoms with E-state index < -0.39 is 0 Å². The molecule has 1 amide bonds. The van der Waals surface area contributed by atoms with Gasteiger partial charge in [-0.3, -0.25) is 4.79 Å². The van der Waals surface area contributed by atoms with Gasteiger partial charge in [0.25, 0.3) is 5.91 Å². The number of fused-ring (bicyclic) bond motifs is 1. The lowest BCUT2D eigenvalue weighted by Gasteiger charge is -2.14. The Labute approximate surface area is 146 Å². The van der Waals surface area contributed by atoms with Crippen molar-refractivity contribution in [3.8, 4) is 0 Å². The normalized spacial score (nSPS) is 11.2. The summed E-state index contributed by atoms with van der Waals surface area (Å²) in [5.74, 6) is 0.570. The fraction of sp³-hybridized carbons (Fsp3) is 0.316. The summed E-state index contributed by atoms with van der Waals surface area (Å²) < 4.78 is 5.67. The number of hydrogen-bond donors (Lipinski definition) is 2. The number of carbonyl (C=O) groups is 1. The highest BCUT2D eigenvalue weighted by Crippen LogP contribution is 2.21. The maximum atomic E-state index is 12.6. The number of hydrogen-bond acceptors (Lipinski definition) is 4. The average Bonchev–Trinajstić information content (AvgIpc) is 2.94. The summed E-state index contributed by atoms with van der Waals surface area (Å²) >= 11 is 0. The third kappa shape index (κ3) is 3.85. The van der Waals surface area contributed by atoms with Crippen LogP contribution in [0.3, 0.4) is 0 Å².